The molecule has 0 aliphatic carbocycles. The van der Waals surface area contributed by atoms with Gasteiger partial charge in [-0.2, -0.15) is 0 Å². The number of rotatable bonds is 4. The van der Waals surface area contributed by atoms with E-state index in [2.05, 4.69) is 59.0 Å². The molecule has 6 heteroatoms. The fourth-order valence-corrected chi connectivity index (χ4v) is 5.07. The van der Waals surface area contributed by atoms with Crippen molar-refractivity contribution in [3.05, 3.63) is 53.0 Å². The van der Waals surface area contributed by atoms with E-state index in [4.69, 9.17) is 0 Å². The molecule has 2 atom stereocenters. The lowest BCUT2D eigenvalue weighted by atomic mass is 10.1. The highest BCUT2D eigenvalue weighted by Crippen LogP contribution is 2.29. The Morgan fingerprint density at radius 3 is 2.44 bits per heavy atom. The van der Waals surface area contributed by atoms with E-state index >= 15 is 0 Å². The van der Waals surface area contributed by atoms with Crippen LogP contribution < -0.4 is 4.90 Å². The molecule has 1 fully saturated rings. The van der Waals surface area contributed by atoms with E-state index in [1.165, 1.54) is 16.0 Å². The first kappa shape index (κ1) is 18.7. The van der Waals surface area contributed by atoms with Crippen molar-refractivity contribution in [3.8, 4) is 0 Å². The van der Waals surface area contributed by atoms with Gasteiger partial charge in [0.05, 0.1) is 15.2 Å². The maximum atomic E-state index is 11.6. The van der Waals surface area contributed by atoms with Crippen LogP contribution in [0.15, 0.2) is 47.4 Å². The topological polar surface area (TPSA) is 42.4 Å². The van der Waals surface area contributed by atoms with Crippen LogP contribution in [-0.4, -0.2) is 46.9 Å². The van der Waals surface area contributed by atoms with E-state index < -0.39 is 11.2 Å². The minimum absolute atomic E-state index is 0.392. The number of aromatic nitrogens is 1. The molecule has 1 aromatic heterocycles. The Labute approximate surface area is 168 Å². The average molecular weight is 400 g/mol. The molecule has 27 heavy (non-hydrogen) atoms. The zero-order valence-corrected chi connectivity index (χ0v) is 17.6. The smallest absolute Gasteiger partial charge is 0.152 e. The molecule has 1 aliphatic rings. The van der Waals surface area contributed by atoms with E-state index in [0.29, 0.717) is 6.04 Å². The van der Waals surface area contributed by atoms with E-state index in [1.54, 1.807) is 17.6 Å². The summed E-state index contributed by atoms with van der Waals surface area (Å²) in [6.07, 6.45) is 1.72. The van der Waals surface area contributed by atoms with Gasteiger partial charge in [-0.3, -0.25) is 4.90 Å². The maximum Gasteiger partial charge on any atom is 0.152 e. The van der Waals surface area contributed by atoms with Gasteiger partial charge in [0.2, 0.25) is 0 Å². The van der Waals surface area contributed by atoms with Crippen molar-refractivity contribution in [1.82, 2.24) is 9.88 Å². The third-order valence-electron chi connectivity index (χ3n) is 5.40. The summed E-state index contributed by atoms with van der Waals surface area (Å²) in [7, 11) is 0. The average Bonchev–Trinajstić information content (AvgIpc) is 3.07. The molecular formula is C21H25N3OS2. The number of piperazine rings is 1. The number of hydrogen-bond acceptors (Lipinski definition) is 5. The molecule has 0 N–H and O–H groups in total. The SMILES string of the molecule is Cc1nc2cc(C(C)N3CCN(c4ccc([S+](C)[O-])cc4)CC3)ccc2s1. The molecule has 4 nitrogen and oxygen atoms in total. The van der Waals surface area contributed by atoms with Gasteiger partial charge in [0.15, 0.2) is 4.90 Å². The number of fused-ring (bicyclic) bond motifs is 1. The van der Waals surface area contributed by atoms with Gasteiger partial charge in [0.25, 0.3) is 0 Å². The molecule has 0 radical (unpaired) electrons. The van der Waals surface area contributed by atoms with Crippen molar-refractivity contribution in [1.29, 1.82) is 0 Å². The van der Waals surface area contributed by atoms with E-state index in [1.807, 2.05) is 12.1 Å². The van der Waals surface area contributed by atoms with Crippen LogP contribution >= 0.6 is 11.3 Å². The van der Waals surface area contributed by atoms with Crippen molar-refractivity contribution in [2.45, 2.75) is 24.8 Å². The second-order valence-corrected chi connectivity index (χ2v) is 9.72. The van der Waals surface area contributed by atoms with Gasteiger partial charge >= 0.3 is 0 Å². The van der Waals surface area contributed by atoms with Gasteiger partial charge in [-0.15, -0.1) is 11.3 Å². The molecule has 3 aromatic rings. The van der Waals surface area contributed by atoms with Crippen LogP contribution in [0.3, 0.4) is 0 Å². The normalized spacial score (nSPS) is 18.0. The highest BCUT2D eigenvalue weighted by Gasteiger charge is 2.23. The number of hydrogen-bond donors (Lipinski definition) is 0. The first-order valence-corrected chi connectivity index (χ1v) is 11.7. The Balaban J connectivity index is 1.41. The summed E-state index contributed by atoms with van der Waals surface area (Å²) in [6, 6.07) is 15.2. The van der Waals surface area contributed by atoms with Crippen LogP contribution in [-0.2, 0) is 11.2 Å². The van der Waals surface area contributed by atoms with Crippen molar-refractivity contribution < 1.29 is 4.55 Å². The van der Waals surface area contributed by atoms with Crippen molar-refractivity contribution in [3.63, 3.8) is 0 Å². The third kappa shape index (κ3) is 3.99. The Bertz CT molecular complexity index is 915. The number of aryl methyl sites for hydroxylation is 1. The van der Waals surface area contributed by atoms with Crippen molar-refractivity contribution in [2.24, 2.45) is 0 Å². The van der Waals surface area contributed by atoms with Crippen LogP contribution in [0.4, 0.5) is 5.69 Å². The molecule has 142 valence electrons. The molecule has 0 amide bonds. The predicted octanol–water partition coefficient (Wildman–Crippen LogP) is 4.23. The van der Waals surface area contributed by atoms with Crippen LogP contribution in [0.25, 0.3) is 10.2 Å². The van der Waals surface area contributed by atoms with E-state index in [-0.39, 0.29) is 0 Å². The molecular weight excluding hydrogens is 374 g/mol. The number of thiazole rings is 1. The maximum absolute atomic E-state index is 11.6. The van der Waals surface area contributed by atoms with Crippen LogP contribution in [0.2, 0.25) is 0 Å². The largest absolute Gasteiger partial charge is 0.612 e. The van der Waals surface area contributed by atoms with Gasteiger partial charge in [0.1, 0.15) is 6.26 Å². The van der Waals surface area contributed by atoms with Gasteiger partial charge in [-0.25, -0.2) is 4.98 Å². The molecule has 2 unspecified atom stereocenters. The lowest BCUT2D eigenvalue weighted by Gasteiger charge is -2.39. The Kier molecular flexibility index (Phi) is 5.41. The Hall–Kier alpha value is -1.60. The van der Waals surface area contributed by atoms with Crippen LogP contribution in [0.5, 0.6) is 0 Å². The first-order valence-electron chi connectivity index (χ1n) is 9.31. The molecule has 2 heterocycles. The molecule has 0 saturated carbocycles. The monoisotopic (exact) mass is 399 g/mol. The molecule has 1 aliphatic heterocycles. The minimum Gasteiger partial charge on any atom is -0.612 e. The second-order valence-electron chi connectivity index (χ2n) is 7.11. The number of anilines is 1. The van der Waals surface area contributed by atoms with Crippen molar-refractivity contribution >= 4 is 38.4 Å². The third-order valence-corrected chi connectivity index (χ3v) is 7.28. The minimum atomic E-state index is -0.915. The lowest BCUT2D eigenvalue weighted by molar-refractivity contribution is 0.198. The lowest BCUT2D eigenvalue weighted by Crippen LogP contribution is -2.47. The zero-order chi connectivity index (χ0) is 19.0. The molecule has 0 spiro atoms. The fourth-order valence-electron chi connectivity index (χ4n) is 3.75. The number of benzene rings is 2. The van der Waals surface area contributed by atoms with Crippen LogP contribution in [0.1, 0.15) is 23.5 Å². The molecule has 0 bridgehead atoms. The van der Waals surface area contributed by atoms with Gasteiger partial charge in [-0.05, 0) is 67.0 Å². The van der Waals surface area contributed by atoms with Gasteiger partial charge in [0, 0.05) is 37.9 Å². The summed E-state index contributed by atoms with van der Waals surface area (Å²) in [5, 5.41) is 1.13. The standard InChI is InChI=1S/C21H25N3OS2/c1-15(17-4-9-21-20(14-17)22-16(2)26-21)23-10-12-24(13-11-23)18-5-7-19(8-6-18)27(3)25/h4-9,14-15H,10-13H2,1-3H3. The quantitative estimate of drug-likeness (QED) is 0.616. The summed E-state index contributed by atoms with van der Waals surface area (Å²) >= 11 is 0.843. The zero-order valence-electron chi connectivity index (χ0n) is 16.0. The molecule has 4 rings (SSSR count). The first-order chi connectivity index (χ1) is 13.0. The number of nitrogens with zero attached hydrogens (tertiary/aromatic N) is 3. The highest BCUT2D eigenvalue weighted by atomic mass is 32.2. The highest BCUT2D eigenvalue weighted by molar-refractivity contribution is 7.90. The molecule has 1 saturated heterocycles. The Morgan fingerprint density at radius 1 is 1.07 bits per heavy atom. The molecule has 2 aromatic carbocycles. The van der Waals surface area contributed by atoms with Gasteiger partial charge in [-0.1, -0.05) is 6.07 Å². The second kappa shape index (κ2) is 7.80. The van der Waals surface area contributed by atoms with E-state index in [9.17, 15) is 4.55 Å². The Morgan fingerprint density at radius 2 is 1.78 bits per heavy atom. The summed E-state index contributed by atoms with van der Waals surface area (Å²) in [5.41, 5.74) is 3.68. The fraction of sp³-hybridized carbons (Fsp3) is 0.381. The summed E-state index contributed by atoms with van der Waals surface area (Å²) < 4.78 is 12.8. The van der Waals surface area contributed by atoms with Gasteiger partial charge < -0.3 is 9.45 Å². The van der Waals surface area contributed by atoms with Crippen molar-refractivity contribution in [2.75, 3.05) is 37.3 Å². The predicted molar refractivity (Wildman–Crippen MR) is 115 cm³/mol. The van der Waals surface area contributed by atoms with Crippen LogP contribution in [0, 0.1) is 6.92 Å². The summed E-state index contributed by atoms with van der Waals surface area (Å²) in [5.74, 6) is 0. The van der Waals surface area contributed by atoms with E-state index in [0.717, 1.165) is 41.6 Å². The summed E-state index contributed by atoms with van der Waals surface area (Å²) in [4.78, 5) is 10.5. The summed E-state index contributed by atoms with van der Waals surface area (Å²) in [6.45, 7) is 8.46.